The number of rotatable bonds is 3. The lowest BCUT2D eigenvalue weighted by atomic mass is 10.1. The van der Waals surface area contributed by atoms with Crippen LogP contribution in [-0.4, -0.2) is 19.7 Å². The van der Waals surface area contributed by atoms with Crippen molar-refractivity contribution >= 4 is 45.0 Å². The first-order valence-electron chi connectivity index (χ1n) is 7.35. The van der Waals surface area contributed by atoms with Crippen LogP contribution < -0.4 is 11.1 Å². The van der Waals surface area contributed by atoms with Gasteiger partial charge < -0.3 is 14.3 Å². The van der Waals surface area contributed by atoms with Crippen LogP contribution in [0.25, 0.3) is 22.5 Å². The minimum absolute atomic E-state index is 0.0683. The zero-order chi connectivity index (χ0) is 18.4. The maximum Gasteiger partial charge on any atom is 0.434 e. The number of aromatic amines is 1. The monoisotopic (exact) mass is 469 g/mol. The summed E-state index contributed by atoms with van der Waals surface area (Å²) in [7, 11) is 1.70. The van der Waals surface area contributed by atoms with Crippen molar-refractivity contribution in [1.29, 1.82) is 0 Å². The van der Waals surface area contributed by atoms with Crippen LogP contribution in [0, 0.1) is 15.2 Å². The molecule has 2 N–H and O–H groups in total. The van der Waals surface area contributed by atoms with Gasteiger partial charge in [-0.05, 0) is 46.9 Å². The maximum absolute atomic E-state index is 15.1. The van der Waals surface area contributed by atoms with Crippen molar-refractivity contribution in [2.45, 2.75) is 0 Å². The van der Waals surface area contributed by atoms with Crippen LogP contribution in [0.3, 0.4) is 0 Å². The molecule has 4 rings (SSSR count). The SMILES string of the molecule is Cn1cnc2c(F)c(Nc3ccc(I)cc3F)c(-c3n[nH]c(=O)o3)cc21. The highest BCUT2D eigenvalue weighted by molar-refractivity contribution is 14.1. The minimum atomic E-state index is -0.781. The molecule has 2 aromatic carbocycles. The fourth-order valence-corrected chi connectivity index (χ4v) is 3.04. The number of aryl methyl sites for hydroxylation is 1. The van der Waals surface area contributed by atoms with Crippen LogP contribution in [0.1, 0.15) is 0 Å². The number of aromatic nitrogens is 4. The molecule has 26 heavy (non-hydrogen) atoms. The van der Waals surface area contributed by atoms with Gasteiger partial charge in [0.1, 0.15) is 11.3 Å². The number of halogens is 3. The summed E-state index contributed by atoms with van der Waals surface area (Å²) < 4.78 is 36.6. The summed E-state index contributed by atoms with van der Waals surface area (Å²) in [6, 6.07) is 6.05. The normalized spacial score (nSPS) is 11.2. The molecule has 0 aliphatic heterocycles. The van der Waals surface area contributed by atoms with Crippen molar-refractivity contribution in [2.24, 2.45) is 7.05 Å². The molecule has 0 aliphatic carbocycles. The molecule has 7 nitrogen and oxygen atoms in total. The zero-order valence-corrected chi connectivity index (χ0v) is 15.3. The summed E-state index contributed by atoms with van der Waals surface area (Å²) in [5, 5.41) is 8.61. The number of imidazole rings is 1. The Bertz CT molecular complexity index is 1200. The molecule has 2 aromatic heterocycles. The number of fused-ring (bicyclic) bond motifs is 1. The van der Waals surface area contributed by atoms with Crippen molar-refractivity contribution in [3.05, 3.63) is 56.3 Å². The average Bonchev–Trinajstić information content (AvgIpc) is 3.18. The van der Waals surface area contributed by atoms with E-state index in [2.05, 4.69) is 20.5 Å². The van der Waals surface area contributed by atoms with Crippen molar-refractivity contribution in [2.75, 3.05) is 5.32 Å². The number of anilines is 2. The van der Waals surface area contributed by atoms with E-state index in [1.54, 1.807) is 23.7 Å². The van der Waals surface area contributed by atoms with Crippen LogP contribution in [0.5, 0.6) is 0 Å². The molecule has 0 amide bonds. The second-order valence-electron chi connectivity index (χ2n) is 5.50. The van der Waals surface area contributed by atoms with Crippen molar-refractivity contribution < 1.29 is 13.2 Å². The molecule has 0 radical (unpaired) electrons. The third kappa shape index (κ3) is 2.75. The number of hydrogen-bond donors (Lipinski definition) is 2. The van der Waals surface area contributed by atoms with Crippen LogP contribution >= 0.6 is 22.6 Å². The third-order valence-electron chi connectivity index (χ3n) is 3.82. The Labute approximate surface area is 158 Å². The van der Waals surface area contributed by atoms with Crippen LogP contribution in [-0.2, 0) is 7.05 Å². The summed E-state index contributed by atoms with van der Waals surface area (Å²) in [5.74, 6) is -2.16. The van der Waals surface area contributed by atoms with E-state index in [-0.39, 0.29) is 28.3 Å². The molecule has 0 unspecified atom stereocenters. The molecule has 4 aromatic rings. The van der Waals surface area contributed by atoms with Gasteiger partial charge in [-0.1, -0.05) is 0 Å². The topological polar surface area (TPSA) is 88.7 Å². The van der Waals surface area contributed by atoms with Gasteiger partial charge in [0, 0.05) is 10.6 Å². The first-order valence-corrected chi connectivity index (χ1v) is 8.43. The summed E-state index contributed by atoms with van der Waals surface area (Å²) >= 11 is 1.97. The van der Waals surface area contributed by atoms with E-state index in [0.717, 1.165) is 0 Å². The van der Waals surface area contributed by atoms with Gasteiger partial charge >= 0.3 is 5.76 Å². The molecule has 0 fully saturated rings. The Hall–Kier alpha value is -2.76. The second-order valence-corrected chi connectivity index (χ2v) is 6.75. The summed E-state index contributed by atoms with van der Waals surface area (Å²) in [6.45, 7) is 0. The van der Waals surface area contributed by atoms with Gasteiger partial charge in [-0.25, -0.2) is 23.7 Å². The van der Waals surface area contributed by atoms with E-state index < -0.39 is 17.4 Å². The fraction of sp³-hybridized carbons (Fsp3) is 0.0625. The van der Waals surface area contributed by atoms with E-state index in [0.29, 0.717) is 9.09 Å². The molecule has 10 heteroatoms. The maximum atomic E-state index is 15.1. The molecule has 0 saturated heterocycles. The van der Waals surface area contributed by atoms with Crippen molar-refractivity contribution in [3.63, 3.8) is 0 Å². The predicted molar refractivity (Wildman–Crippen MR) is 99.2 cm³/mol. The van der Waals surface area contributed by atoms with Crippen molar-refractivity contribution in [3.8, 4) is 11.5 Å². The summed E-state index contributed by atoms with van der Waals surface area (Å²) in [6.07, 6.45) is 1.45. The quantitative estimate of drug-likeness (QED) is 0.449. The van der Waals surface area contributed by atoms with Gasteiger partial charge in [0.2, 0.25) is 0 Å². The minimum Gasteiger partial charge on any atom is -0.388 e. The molecule has 0 spiro atoms. The Morgan fingerprint density at radius 1 is 1.31 bits per heavy atom. The highest BCUT2D eigenvalue weighted by Crippen LogP contribution is 2.36. The Balaban J connectivity index is 1.96. The van der Waals surface area contributed by atoms with E-state index >= 15 is 4.39 Å². The Kier molecular flexibility index (Phi) is 3.98. The van der Waals surface area contributed by atoms with Gasteiger partial charge in [-0.2, -0.15) is 0 Å². The highest BCUT2D eigenvalue weighted by Gasteiger charge is 2.22. The molecule has 2 heterocycles. The first kappa shape index (κ1) is 16.7. The molecular formula is C16H10F2IN5O2. The molecule has 0 bridgehead atoms. The third-order valence-corrected chi connectivity index (χ3v) is 4.49. The van der Waals surface area contributed by atoms with E-state index in [4.69, 9.17) is 4.42 Å². The van der Waals surface area contributed by atoms with Gasteiger partial charge in [-0.15, -0.1) is 5.10 Å². The Morgan fingerprint density at radius 2 is 2.12 bits per heavy atom. The number of nitrogens with zero attached hydrogens (tertiary/aromatic N) is 3. The number of benzene rings is 2. The largest absolute Gasteiger partial charge is 0.434 e. The highest BCUT2D eigenvalue weighted by atomic mass is 127. The van der Waals surface area contributed by atoms with Gasteiger partial charge in [0.15, 0.2) is 5.82 Å². The summed E-state index contributed by atoms with van der Waals surface area (Å²) in [5.41, 5.74) is 0.708. The van der Waals surface area contributed by atoms with E-state index in [1.807, 2.05) is 22.6 Å². The number of H-pyrrole nitrogens is 1. The van der Waals surface area contributed by atoms with Gasteiger partial charge in [0.25, 0.3) is 5.89 Å². The van der Waals surface area contributed by atoms with Gasteiger partial charge in [-0.3, -0.25) is 0 Å². The lowest BCUT2D eigenvalue weighted by Gasteiger charge is -2.13. The van der Waals surface area contributed by atoms with E-state index in [1.165, 1.54) is 18.5 Å². The van der Waals surface area contributed by atoms with Crippen LogP contribution in [0.4, 0.5) is 20.2 Å². The van der Waals surface area contributed by atoms with Crippen LogP contribution in [0.15, 0.2) is 39.8 Å². The van der Waals surface area contributed by atoms with Gasteiger partial charge in [0.05, 0.1) is 28.8 Å². The number of hydrogen-bond acceptors (Lipinski definition) is 5. The molecule has 0 aliphatic rings. The molecular weight excluding hydrogens is 459 g/mol. The zero-order valence-electron chi connectivity index (χ0n) is 13.2. The fourth-order valence-electron chi connectivity index (χ4n) is 2.59. The molecule has 0 atom stereocenters. The standard InChI is InChI=1S/C16H10F2IN5O2/c1-24-6-20-14-11(24)5-8(15-22-23-16(25)26-15)13(12(14)18)21-10-3-2-7(19)4-9(10)17/h2-6,21H,1H3,(H,23,25). The van der Waals surface area contributed by atoms with E-state index in [9.17, 15) is 9.18 Å². The predicted octanol–water partition coefficient (Wildman–Crippen LogP) is 3.54. The lowest BCUT2D eigenvalue weighted by Crippen LogP contribution is -2.01. The first-order chi connectivity index (χ1) is 12.4. The van der Waals surface area contributed by atoms with Crippen molar-refractivity contribution in [1.82, 2.24) is 19.7 Å². The Morgan fingerprint density at radius 3 is 2.81 bits per heavy atom. The second kappa shape index (κ2) is 6.20. The summed E-state index contributed by atoms with van der Waals surface area (Å²) in [4.78, 5) is 15.3. The smallest absolute Gasteiger partial charge is 0.388 e. The lowest BCUT2D eigenvalue weighted by molar-refractivity contribution is 0.526. The molecule has 0 saturated carbocycles. The molecule has 132 valence electrons. The van der Waals surface area contributed by atoms with Crippen LogP contribution in [0.2, 0.25) is 0 Å². The number of nitrogens with one attached hydrogen (secondary N) is 2. The average molecular weight is 469 g/mol.